The summed E-state index contributed by atoms with van der Waals surface area (Å²) in [5.74, 6) is -23.8. The van der Waals surface area contributed by atoms with Crippen LogP contribution < -0.4 is 0 Å². The van der Waals surface area contributed by atoms with E-state index in [0.29, 0.717) is 35.9 Å². The van der Waals surface area contributed by atoms with E-state index in [1.807, 2.05) is 0 Å². The SMILES string of the molecule is CC(F)(F)C(C)(F)C(F)(F)OC(F)(F)C(C)(F)CF.CC(F)(F)C(C)(F)C(F)(F)OC(F)(F)C(C)(F)CF.CC(F)(F)C(C)(F)C(F)(F)OC(F)(F)C(C)(F)CF.CC(F)(F)C(C)(F)C(F)(F)OC(F)(F)C(C)(F)CF.CC(F)(F)C(C)(F)C(F)(F)OC(F)(F)C(C)(F)CF.CF.CF.CF.CF.CF. The van der Waals surface area contributed by atoms with Crippen LogP contribution in [0.1, 0.15) is 104 Å². The van der Waals surface area contributed by atoms with Gasteiger partial charge in [0.2, 0.25) is 28.3 Å². The van der Waals surface area contributed by atoms with E-state index in [2.05, 4.69) is 23.7 Å². The quantitative estimate of drug-likeness (QED) is 0.0671. The third-order valence-corrected chi connectivity index (χ3v) is 12.4. The molecule has 0 aliphatic heterocycles. The van der Waals surface area contributed by atoms with Gasteiger partial charge in [-0.2, -0.15) is 87.8 Å². The second kappa shape index (κ2) is 40.5. The first-order valence-electron chi connectivity index (χ1n) is 25.8. The summed E-state index contributed by atoms with van der Waals surface area (Å²) < 4.78 is 636. The normalized spacial score (nSPS) is 19.1. The molecule has 55 heteroatoms. The maximum absolute atomic E-state index is 13.2. The number of halogens is 50. The molecule has 0 N–H and O–H groups in total. The fraction of sp³-hybridized carbons (Fsp3) is 1.00. The lowest BCUT2D eigenvalue weighted by Crippen LogP contribution is -2.60. The Hall–Kier alpha value is -3.70. The van der Waals surface area contributed by atoms with E-state index >= 15 is 0 Å². The van der Waals surface area contributed by atoms with Gasteiger partial charge in [0, 0.05) is 34.6 Å². The second-order valence-electron chi connectivity index (χ2n) is 21.8. The standard InChI is InChI=1S/5C9H11F9O.5CH3F/c5*1-5(11,4-10)8(15,16)19-9(17,18)6(2,12)7(3,13)14;5*1-2/h5*4H2,1-3H3;5*1H3. The number of hydrogen-bond donors (Lipinski definition) is 0. The van der Waals surface area contributed by atoms with Crippen molar-refractivity contribution in [1.29, 1.82) is 0 Å². The fourth-order valence-electron chi connectivity index (χ4n) is 3.48. The van der Waals surface area contributed by atoms with E-state index in [1.54, 1.807) is 0 Å². The molecule has 10 unspecified atom stereocenters. The van der Waals surface area contributed by atoms with E-state index in [9.17, 15) is 220 Å². The van der Waals surface area contributed by atoms with Crippen molar-refractivity contribution in [2.24, 2.45) is 0 Å². The minimum atomic E-state index is -5.75. The van der Waals surface area contributed by atoms with Gasteiger partial charge < -0.3 is 0 Å². The Kier molecular flexibility index (Phi) is 47.1. The van der Waals surface area contributed by atoms with Crippen LogP contribution in [0.5, 0.6) is 0 Å². The van der Waals surface area contributed by atoms with Gasteiger partial charge in [-0.25, -0.2) is 133 Å². The van der Waals surface area contributed by atoms with Crippen LogP contribution in [0.25, 0.3) is 0 Å². The lowest BCUT2D eigenvalue weighted by Gasteiger charge is -2.37. The van der Waals surface area contributed by atoms with Crippen LogP contribution in [0, 0.1) is 0 Å². The second-order valence-corrected chi connectivity index (χ2v) is 21.8. The van der Waals surface area contributed by atoms with E-state index in [1.165, 1.54) is 0 Å². The van der Waals surface area contributed by atoms with E-state index in [0.717, 1.165) is 0 Å². The molecule has 0 amide bonds. The molecule has 650 valence electrons. The van der Waals surface area contributed by atoms with Crippen LogP contribution in [-0.2, 0) is 23.7 Å². The van der Waals surface area contributed by atoms with Crippen molar-refractivity contribution in [1.82, 2.24) is 0 Å². The molecule has 105 heavy (non-hydrogen) atoms. The highest BCUT2D eigenvalue weighted by Crippen LogP contribution is 2.55. The molecule has 0 aliphatic carbocycles. The lowest BCUT2D eigenvalue weighted by molar-refractivity contribution is -0.450. The van der Waals surface area contributed by atoms with Crippen LogP contribution >= 0.6 is 0 Å². The molecule has 10 atom stereocenters. The van der Waals surface area contributed by atoms with E-state index in [4.69, 9.17) is 0 Å². The third-order valence-electron chi connectivity index (χ3n) is 12.4. The van der Waals surface area contributed by atoms with Gasteiger partial charge >= 0.3 is 61.1 Å². The first-order chi connectivity index (χ1) is 45.1. The molecule has 0 aromatic heterocycles. The molecular weight excluding hydrogens is 1630 g/mol. The van der Waals surface area contributed by atoms with Crippen molar-refractivity contribution in [2.45, 2.75) is 251 Å². The average molecular weight is 1700 g/mol. The Morgan fingerprint density at radius 3 is 0.257 bits per heavy atom. The first kappa shape index (κ1) is 122. The van der Waals surface area contributed by atoms with Crippen LogP contribution in [0.2, 0.25) is 0 Å². The molecule has 0 aliphatic rings. The largest absolute Gasteiger partial charge is 0.400 e. The summed E-state index contributed by atoms with van der Waals surface area (Å²) in [6.45, 7) is -16.4. The minimum absolute atomic E-state index is 0.136. The molecule has 0 aromatic rings. The van der Waals surface area contributed by atoms with Crippen LogP contribution in [0.15, 0.2) is 0 Å². The Balaban J connectivity index is -0.000000130. The summed E-state index contributed by atoms with van der Waals surface area (Å²) >= 11 is 0. The summed E-state index contributed by atoms with van der Waals surface area (Å²) in [5, 5.41) is 0. The van der Waals surface area contributed by atoms with Crippen LogP contribution in [0.4, 0.5) is 220 Å². The van der Waals surface area contributed by atoms with Crippen molar-refractivity contribution in [3.63, 3.8) is 0 Å². The highest BCUT2D eigenvalue weighted by Gasteiger charge is 2.76. The van der Waals surface area contributed by atoms with Crippen molar-refractivity contribution in [2.75, 3.05) is 69.3 Å². The van der Waals surface area contributed by atoms with Gasteiger partial charge in [-0.3, -0.25) is 22.0 Å². The number of rotatable bonds is 30. The molecule has 0 heterocycles. The molecule has 0 spiro atoms. The van der Waals surface area contributed by atoms with Gasteiger partial charge in [0.15, 0.2) is 0 Å². The summed E-state index contributed by atoms with van der Waals surface area (Å²) in [4.78, 5) is 0. The average Bonchev–Trinajstić information content (AvgIpc) is 0.783. The van der Waals surface area contributed by atoms with Gasteiger partial charge in [0.05, 0.1) is 35.9 Å². The van der Waals surface area contributed by atoms with Crippen LogP contribution in [0.3, 0.4) is 0 Å². The van der Waals surface area contributed by atoms with Gasteiger partial charge in [-0.1, -0.05) is 0 Å². The predicted molar refractivity (Wildman–Crippen MR) is 268 cm³/mol. The van der Waals surface area contributed by atoms with Crippen molar-refractivity contribution in [3.8, 4) is 0 Å². The van der Waals surface area contributed by atoms with E-state index < -0.39 is 215 Å². The topological polar surface area (TPSA) is 46.2 Å². The monoisotopic (exact) mass is 1700 g/mol. The number of alkyl halides is 50. The van der Waals surface area contributed by atoms with E-state index in [-0.39, 0.29) is 69.2 Å². The Bertz CT molecular complexity index is 1970. The van der Waals surface area contributed by atoms with Gasteiger partial charge in [0.1, 0.15) is 33.4 Å². The van der Waals surface area contributed by atoms with Crippen molar-refractivity contribution < 1.29 is 243 Å². The predicted octanol–water partition coefficient (Wildman–Crippen LogP) is 24.3. The third kappa shape index (κ3) is 31.2. The molecule has 0 bridgehead atoms. The molecular formula is C50H70F50O5. The lowest BCUT2D eigenvalue weighted by atomic mass is 10.00. The highest BCUT2D eigenvalue weighted by molar-refractivity contribution is 5.01. The van der Waals surface area contributed by atoms with Gasteiger partial charge in [-0.05, 0) is 69.2 Å². The Morgan fingerprint density at radius 2 is 0.210 bits per heavy atom. The van der Waals surface area contributed by atoms with Gasteiger partial charge in [0.25, 0.3) is 58.0 Å². The number of ether oxygens (including phenoxy) is 5. The van der Waals surface area contributed by atoms with Crippen molar-refractivity contribution >= 4 is 0 Å². The molecule has 0 rings (SSSR count). The Labute approximate surface area is 564 Å². The highest BCUT2D eigenvalue weighted by atomic mass is 19.4. The first-order valence-corrected chi connectivity index (χ1v) is 25.8. The number of hydrogen-bond acceptors (Lipinski definition) is 5. The Morgan fingerprint density at radius 1 is 0.143 bits per heavy atom. The maximum atomic E-state index is 13.2. The minimum Gasteiger partial charge on any atom is -0.255 e. The molecule has 0 saturated carbocycles. The zero-order valence-electron chi connectivity index (χ0n) is 57.0. The maximum Gasteiger partial charge on any atom is 0.400 e. The molecule has 5 nitrogen and oxygen atoms in total. The smallest absolute Gasteiger partial charge is 0.255 e. The molecule has 0 radical (unpaired) electrons. The zero-order valence-corrected chi connectivity index (χ0v) is 57.0. The van der Waals surface area contributed by atoms with Crippen LogP contribution in [-0.4, -0.2) is 217 Å². The molecule has 0 saturated heterocycles. The van der Waals surface area contributed by atoms with Crippen molar-refractivity contribution in [3.05, 3.63) is 0 Å². The molecule has 0 aromatic carbocycles. The zero-order chi connectivity index (χ0) is 89.6. The summed E-state index contributed by atoms with van der Waals surface area (Å²) in [6, 6.07) is 0. The summed E-state index contributed by atoms with van der Waals surface area (Å²) in [7, 11) is 2.50. The summed E-state index contributed by atoms with van der Waals surface area (Å²) in [6.07, 6.45) is -56.3. The molecule has 0 fully saturated rings. The van der Waals surface area contributed by atoms with Gasteiger partial charge in [-0.15, -0.1) is 0 Å². The fourth-order valence-corrected chi connectivity index (χ4v) is 3.48. The summed E-state index contributed by atoms with van der Waals surface area (Å²) in [5.41, 5.74) is -45.4.